The number of aliphatic hydroxyl groups is 4. The minimum absolute atomic E-state index is 0.0475. The van der Waals surface area contributed by atoms with Gasteiger partial charge < -0.3 is 59.6 Å². The number of hydrogen-bond acceptors (Lipinski definition) is 17. The van der Waals surface area contributed by atoms with Gasteiger partial charge in [-0.15, -0.1) is 0 Å². The normalized spacial score (nSPS) is 30.1. The first-order chi connectivity index (χ1) is 25.5. The molecule has 3 aliphatic carbocycles. The number of Topliss-reactive ketones (excluding diaryl/α,β-unsaturated/α-hetero) is 3. The Hall–Kier alpha value is -5.08. The fourth-order valence-corrected chi connectivity index (χ4v) is 8.15. The number of aliphatic carboxylic acids is 1. The number of allylic oxidation sites excluding steroid dienone is 2. The van der Waals surface area contributed by atoms with Crippen molar-refractivity contribution in [3.63, 3.8) is 0 Å². The van der Waals surface area contributed by atoms with Gasteiger partial charge in [-0.1, -0.05) is 6.07 Å². The Kier molecular flexibility index (Phi) is 9.77. The molecule has 7 N–H and O–H groups in total. The molecule has 0 amide bonds. The standard InChI is InChI=1S/C36H37NO17/c1-12-6-14-7-20(40)36(52-5)32(47)24-16(31(46)35(36,49)25(14)30(53-11-21(41)42)22(12)34(48)51-4)8-15-23(28(24)45)19(39)9-18(26(15)43)37-33-17(10-38)27(44)29(50-3)13(2)54-33/h6,8-9,13,17,20,27,29,33,37-38,40,44-45,49H,7,10-11H2,1-5H3,(H,41,42)/t13-,17+,20+,27-,29-,33-,35-,36+/m0/s1. The number of phenols is 1. The number of phenolic OH excluding ortho intramolecular Hbond substituents is 1. The van der Waals surface area contributed by atoms with Gasteiger partial charge in [-0.25, -0.2) is 9.59 Å². The zero-order valence-electron chi connectivity index (χ0n) is 29.5. The number of carbonyl (C=O) groups is 6. The first-order valence-corrected chi connectivity index (χ1v) is 16.6. The van der Waals surface area contributed by atoms with Gasteiger partial charge in [0.25, 0.3) is 0 Å². The fourth-order valence-electron chi connectivity index (χ4n) is 8.15. The van der Waals surface area contributed by atoms with Crippen molar-refractivity contribution < 1.29 is 83.1 Å². The maximum atomic E-state index is 14.8. The van der Waals surface area contributed by atoms with Gasteiger partial charge in [-0.2, -0.15) is 0 Å². The molecule has 0 bridgehead atoms. The van der Waals surface area contributed by atoms with Crippen molar-refractivity contribution >= 4 is 35.1 Å². The second-order valence-corrected chi connectivity index (χ2v) is 13.4. The largest absolute Gasteiger partial charge is 0.506 e. The third-order valence-corrected chi connectivity index (χ3v) is 10.6. The summed E-state index contributed by atoms with van der Waals surface area (Å²) in [6, 6.07) is 2.10. The molecule has 288 valence electrons. The number of rotatable bonds is 9. The quantitative estimate of drug-likeness (QED) is 0.153. The number of esters is 1. The van der Waals surface area contributed by atoms with Crippen molar-refractivity contribution in [2.24, 2.45) is 5.92 Å². The van der Waals surface area contributed by atoms with E-state index >= 15 is 0 Å². The highest BCUT2D eigenvalue weighted by atomic mass is 16.6. The number of ketones is 4. The molecule has 0 radical (unpaired) electrons. The topological polar surface area (TPSA) is 282 Å². The van der Waals surface area contributed by atoms with Crippen LogP contribution in [0.5, 0.6) is 11.5 Å². The average molecular weight is 756 g/mol. The number of aryl methyl sites for hydroxylation is 1. The van der Waals surface area contributed by atoms with Crippen LogP contribution >= 0.6 is 0 Å². The lowest BCUT2D eigenvalue weighted by atomic mass is 9.56. The monoisotopic (exact) mass is 755 g/mol. The molecule has 6 rings (SSSR count). The van der Waals surface area contributed by atoms with Crippen LogP contribution in [0.1, 0.15) is 75.4 Å². The van der Waals surface area contributed by atoms with E-state index in [1.165, 1.54) is 20.1 Å². The second-order valence-electron chi connectivity index (χ2n) is 13.4. The van der Waals surface area contributed by atoms with E-state index in [0.717, 1.165) is 26.4 Å². The van der Waals surface area contributed by atoms with E-state index in [4.69, 9.17) is 23.7 Å². The molecule has 1 aliphatic heterocycles. The van der Waals surface area contributed by atoms with Crippen LogP contribution in [0, 0.1) is 12.8 Å². The number of carboxylic acid groups (broad SMARTS) is 1. The lowest BCUT2D eigenvalue weighted by Crippen LogP contribution is -2.73. The van der Waals surface area contributed by atoms with E-state index < -0.39 is 153 Å². The number of carbonyl (C=O) groups excluding carboxylic acids is 5. The molecular weight excluding hydrogens is 718 g/mol. The lowest BCUT2D eigenvalue weighted by Gasteiger charge is -2.53. The number of benzene rings is 2. The lowest BCUT2D eigenvalue weighted by molar-refractivity contribution is -0.214. The highest BCUT2D eigenvalue weighted by Gasteiger charge is 2.73. The van der Waals surface area contributed by atoms with E-state index in [1.807, 2.05) is 0 Å². The van der Waals surface area contributed by atoms with Crippen molar-refractivity contribution in [3.05, 3.63) is 68.4 Å². The Morgan fingerprint density at radius 1 is 1.04 bits per heavy atom. The Balaban J connectivity index is 1.54. The molecule has 18 heteroatoms. The van der Waals surface area contributed by atoms with Gasteiger partial charge in [-0.05, 0) is 31.0 Å². The predicted octanol–water partition coefficient (Wildman–Crippen LogP) is -0.899. The zero-order chi connectivity index (χ0) is 39.8. The van der Waals surface area contributed by atoms with Crippen LogP contribution in [-0.2, 0) is 35.8 Å². The smallest absolute Gasteiger partial charge is 0.341 e. The van der Waals surface area contributed by atoms with Crippen LogP contribution in [-0.4, -0.2) is 136 Å². The Bertz CT molecular complexity index is 2060. The molecule has 1 heterocycles. The van der Waals surface area contributed by atoms with Gasteiger partial charge in [0, 0.05) is 43.4 Å². The van der Waals surface area contributed by atoms with E-state index in [9.17, 15) is 59.4 Å². The van der Waals surface area contributed by atoms with Crippen molar-refractivity contribution in [2.45, 2.75) is 62.1 Å². The summed E-state index contributed by atoms with van der Waals surface area (Å²) >= 11 is 0. The summed E-state index contributed by atoms with van der Waals surface area (Å²) in [6.07, 6.45) is -5.88. The van der Waals surface area contributed by atoms with Crippen LogP contribution in [0.15, 0.2) is 23.9 Å². The number of hydrogen-bond donors (Lipinski definition) is 7. The van der Waals surface area contributed by atoms with Crippen LogP contribution in [0.4, 0.5) is 0 Å². The van der Waals surface area contributed by atoms with Crippen LogP contribution in [0.25, 0.3) is 0 Å². The van der Waals surface area contributed by atoms with Crippen LogP contribution < -0.4 is 10.1 Å². The molecule has 0 saturated carbocycles. The summed E-state index contributed by atoms with van der Waals surface area (Å²) in [5.41, 5.74) is -10.7. The number of aliphatic hydroxyl groups excluding tert-OH is 3. The van der Waals surface area contributed by atoms with E-state index in [2.05, 4.69) is 5.32 Å². The first-order valence-electron chi connectivity index (χ1n) is 16.6. The maximum absolute atomic E-state index is 14.8. The molecule has 8 atom stereocenters. The number of nitrogens with one attached hydrogen (secondary N) is 1. The Labute approximate surface area is 305 Å². The minimum Gasteiger partial charge on any atom is -0.506 e. The van der Waals surface area contributed by atoms with Gasteiger partial charge in [0.15, 0.2) is 23.6 Å². The molecule has 1 saturated heterocycles. The molecule has 2 aromatic carbocycles. The van der Waals surface area contributed by atoms with Gasteiger partial charge in [0.1, 0.15) is 29.4 Å². The molecule has 0 spiro atoms. The highest BCUT2D eigenvalue weighted by Crippen LogP contribution is 2.57. The number of aromatic hydroxyl groups is 1. The molecular formula is C36H37NO17. The molecule has 18 nitrogen and oxygen atoms in total. The fraction of sp³-hybridized carbons (Fsp3) is 0.444. The van der Waals surface area contributed by atoms with Gasteiger partial charge in [0.05, 0.1) is 54.8 Å². The summed E-state index contributed by atoms with van der Waals surface area (Å²) in [5, 5.41) is 68.9. The third kappa shape index (κ3) is 5.20. The van der Waals surface area contributed by atoms with Gasteiger partial charge in [-0.3, -0.25) is 19.2 Å². The number of fused-ring (bicyclic) bond motifs is 5. The third-order valence-electron chi connectivity index (χ3n) is 10.6. The van der Waals surface area contributed by atoms with Crippen molar-refractivity contribution in [3.8, 4) is 11.5 Å². The zero-order valence-corrected chi connectivity index (χ0v) is 29.5. The number of methoxy groups -OCH3 is 3. The Morgan fingerprint density at radius 3 is 2.31 bits per heavy atom. The van der Waals surface area contributed by atoms with E-state index in [0.29, 0.717) is 0 Å². The number of ether oxygens (including phenoxy) is 5. The van der Waals surface area contributed by atoms with Crippen LogP contribution in [0.3, 0.4) is 0 Å². The predicted molar refractivity (Wildman–Crippen MR) is 177 cm³/mol. The maximum Gasteiger partial charge on any atom is 0.341 e. The van der Waals surface area contributed by atoms with Gasteiger partial charge >= 0.3 is 11.9 Å². The molecule has 2 aromatic rings. The molecule has 0 aromatic heterocycles. The molecule has 4 aliphatic rings. The summed E-state index contributed by atoms with van der Waals surface area (Å²) < 4.78 is 27.0. The Morgan fingerprint density at radius 2 is 1.72 bits per heavy atom. The van der Waals surface area contributed by atoms with E-state index in [-0.39, 0.29) is 11.1 Å². The van der Waals surface area contributed by atoms with Gasteiger partial charge in [0.2, 0.25) is 17.3 Å². The molecule has 1 fully saturated rings. The van der Waals surface area contributed by atoms with Crippen molar-refractivity contribution in [1.82, 2.24) is 5.32 Å². The van der Waals surface area contributed by atoms with Crippen LogP contribution in [0.2, 0.25) is 0 Å². The molecule has 0 unspecified atom stereocenters. The second kappa shape index (κ2) is 13.6. The molecule has 54 heavy (non-hydrogen) atoms. The van der Waals surface area contributed by atoms with Crippen molar-refractivity contribution in [1.29, 1.82) is 0 Å². The van der Waals surface area contributed by atoms with E-state index in [1.54, 1.807) is 6.92 Å². The SMILES string of the molecule is COC(=O)c1c(C)cc2c(c1OCC(=O)O)[C@]1(O)C(=O)c3cc4c(c(O)c3C(=O)[C@]1(OC)[C@H](O)C2)C(=O)C=C(N[C@H]1O[C@@H](C)[C@H](OC)[C@@H](O)[C@H]1CO)C4=O. The summed E-state index contributed by atoms with van der Waals surface area (Å²) in [4.78, 5) is 81.8. The average Bonchev–Trinajstić information content (AvgIpc) is 3.11. The number of carboxylic acids is 1. The minimum atomic E-state index is -3.32. The summed E-state index contributed by atoms with van der Waals surface area (Å²) in [5.74, 6) is -10.3. The van der Waals surface area contributed by atoms with Crippen molar-refractivity contribution in [2.75, 3.05) is 34.5 Å². The first kappa shape index (κ1) is 38.6. The highest BCUT2D eigenvalue weighted by molar-refractivity contribution is 6.31. The summed E-state index contributed by atoms with van der Waals surface area (Å²) in [6.45, 7) is 1.25. The summed E-state index contributed by atoms with van der Waals surface area (Å²) in [7, 11) is 3.23.